The molecule has 7 heteroatoms. The van der Waals surface area contributed by atoms with Crippen LogP contribution >= 0.6 is 0 Å². The van der Waals surface area contributed by atoms with Crippen LogP contribution in [0, 0.1) is 11.6 Å². The molecule has 1 atom stereocenters. The summed E-state index contributed by atoms with van der Waals surface area (Å²) < 4.78 is 52.1. The molecule has 1 rings (SSSR count). The second kappa shape index (κ2) is 6.93. The van der Waals surface area contributed by atoms with Gasteiger partial charge in [-0.05, 0) is 18.9 Å². The molecule has 0 heterocycles. The molecule has 0 aromatic heterocycles. The van der Waals surface area contributed by atoms with E-state index in [1.807, 2.05) is 0 Å². The maximum atomic E-state index is 13.4. The van der Waals surface area contributed by atoms with Gasteiger partial charge >= 0.3 is 0 Å². The smallest absolute Gasteiger partial charge is 0.216 e. The molecule has 1 aromatic carbocycles. The van der Waals surface area contributed by atoms with Crippen LogP contribution in [0.3, 0.4) is 0 Å². The molecule has 1 unspecified atom stereocenters. The average Bonchev–Trinajstić information content (AvgIpc) is 2.32. The third-order valence-corrected chi connectivity index (χ3v) is 4.06. The van der Waals surface area contributed by atoms with Crippen molar-refractivity contribution >= 4 is 10.0 Å². The summed E-state index contributed by atoms with van der Waals surface area (Å²) in [6, 6.07) is 2.38. The molecular formula is C12H17F2NO3S. The highest BCUT2D eigenvalue weighted by Crippen LogP contribution is 2.13. The van der Waals surface area contributed by atoms with Gasteiger partial charge in [0.1, 0.15) is 11.6 Å². The Morgan fingerprint density at radius 3 is 2.58 bits per heavy atom. The maximum absolute atomic E-state index is 13.4. The lowest BCUT2D eigenvalue weighted by Crippen LogP contribution is -2.36. The summed E-state index contributed by atoms with van der Waals surface area (Å²) in [4.78, 5) is 0. The Labute approximate surface area is 111 Å². The molecule has 0 radical (unpaired) electrons. The number of hydrogen-bond donors (Lipinski definition) is 2. The molecule has 0 saturated heterocycles. The number of nitrogens with one attached hydrogen (secondary N) is 1. The van der Waals surface area contributed by atoms with Crippen LogP contribution in [0.4, 0.5) is 8.78 Å². The predicted molar refractivity (Wildman–Crippen MR) is 67.9 cm³/mol. The van der Waals surface area contributed by atoms with Gasteiger partial charge in [0, 0.05) is 24.3 Å². The van der Waals surface area contributed by atoms with E-state index in [0.29, 0.717) is 18.9 Å². The van der Waals surface area contributed by atoms with Crippen LogP contribution in [0.5, 0.6) is 0 Å². The monoisotopic (exact) mass is 293 g/mol. The van der Waals surface area contributed by atoms with Gasteiger partial charge in [0.15, 0.2) is 0 Å². The Balaban J connectivity index is 2.78. The molecule has 0 spiro atoms. The number of hydrogen-bond acceptors (Lipinski definition) is 3. The van der Waals surface area contributed by atoms with Crippen molar-refractivity contribution < 1.29 is 22.3 Å². The molecule has 0 amide bonds. The van der Waals surface area contributed by atoms with Crippen molar-refractivity contribution in [3.05, 3.63) is 35.4 Å². The topological polar surface area (TPSA) is 66.4 Å². The number of aliphatic hydroxyl groups excluding tert-OH is 1. The first-order valence-electron chi connectivity index (χ1n) is 5.92. The molecule has 0 aliphatic heterocycles. The van der Waals surface area contributed by atoms with Crippen LogP contribution in [0.2, 0.25) is 0 Å². The molecule has 0 aliphatic rings. The summed E-state index contributed by atoms with van der Waals surface area (Å²) in [5, 5.41) is 8.79. The van der Waals surface area contributed by atoms with Crippen molar-refractivity contribution in [2.24, 2.45) is 0 Å². The number of benzene rings is 1. The van der Waals surface area contributed by atoms with Crippen LogP contribution < -0.4 is 4.72 Å². The van der Waals surface area contributed by atoms with Crippen LogP contribution in [0.15, 0.2) is 18.2 Å². The maximum Gasteiger partial charge on any atom is 0.216 e. The van der Waals surface area contributed by atoms with Gasteiger partial charge in [0.2, 0.25) is 10.0 Å². The average molecular weight is 293 g/mol. The number of halogens is 2. The fraction of sp³-hybridized carbons (Fsp3) is 0.500. The number of aliphatic hydroxyl groups is 1. The minimum Gasteiger partial charge on any atom is -0.396 e. The number of sulfonamides is 1. The van der Waals surface area contributed by atoms with E-state index >= 15 is 0 Å². The van der Waals surface area contributed by atoms with E-state index in [0.717, 1.165) is 12.1 Å². The van der Waals surface area contributed by atoms with Crippen LogP contribution in [0.25, 0.3) is 0 Å². The van der Waals surface area contributed by atoms with Gasteiger partial charge in [-0.1, -0.05) is 13.0 Å². The molecule has 0 bridgehead atoms. The molecule has 1 aromatic rings. The third kappa shape index (κ3) is 5.22. The lowest BCUT2D eigenvalue weighted by Gasteiger charge is -2.16. The Bertz CT molecular complexity index is 520. The van der Waals surface area contributed by atoms with E-state index in [1.165, 1.54) is 0 Å². The summed E-state index contributed by atoms with van der Waals surface area (Å²) >= 11 is 0. The van der Waals surface area contributed by atoms with Gasteiger partial charge in [0.25, 0.3) is 0 Å². The summed E-state index contributed by atoms with van der Waals surface area (Å²) in [5.41, 5.74) is -0.0900. The second-order valence-corrected chi connectivity index (χ2v) is 5.98. The van der Waals surface area contributed by atoms with E-state index in [2.05, 4.69) is 4.72 Å². The first kappa shape index (κ1) is 16.0. The predicted octanol–water partition coefficient (Wildman–Crippen LogP) is 1.55. The second-order valence-electron chi connectivity index (χ2n) is 4.23. The van der Waals surface area contributed by atoms with Gasteiger partial charge in [-0.3, -0.25) is 0 Å². The van der Waals surface area contributed by atoms with Crippen molar-refractivity contribution in [1.82, 2.24) is 4.72 Å². The Morgan fingerprint density at radius 1 is 1.37 bits per heavy atom. The molecule has 0 aliphatic carbocycles. The quantitative estimate of drug-likeness (QED) is 0.801. The third-order valence-electron chi connectivity index (χ3n) is 2.68. The molecule has 2 N–H and O–H groups in total. The van der Waals surface area contributed by atoms with E-state index < -0.39 is 33.5 Å². The largest absolute Gasteiger partial charge is 0.396 e. The first-order chi connectivity index (χ1) is 8.88. The van der Waals surface area contributed by atoms with Gasteiger partial charge in [-0.2, -0.15) is 0 Å². The standard InChI is InChI=1S/C12H17F2NO3S/c1-2-11(5-6-16)15-19(17,18)8-9-3-4-10(13)7-12(9)14/h3-4,7,11,15-16H,2,5-6,8H2,1H3. The van der Waals surface area contributed by atoms with Gasteiger partial charge in [-0.15, -0.1) is 0 Å². The van der Waals surface area contributed by atoms with Gasteiger partial charge in [0.05, 0.1) is 5.75 Å². The van der Waals surface area contributed by atoms with Gasteiger partial charge in [-0.25, -0.2) is 21.9 Å². The van der Waals surface area contributed by atoms with Crippen molar-refractivity contribution in [2.45, 2.75) is 31.6 Å². The van der Waals surface area contributed by atoms with Crippen molar-refractivity contribution in [2.75, 3.05) is 6.61 Å². The highest BCUT2D eigenvalue weighted by molar-refractivity contribution is 7.88. The SMILES string of the molecule is CCC(CCO)NS(=O)(=O)Cc1ccc(F)cc1F. The van der Waals surface area contributed by atoms with Crippen molar-refractivity contribution in [3.8, 4) is 0 Å². The Hall–Kier alpha value is -1.05. The van der Waals surface area contributed by atoms with Crippen LogP contribution in [-0.2, 0) is 15.8 Å². The minimum atomic E-state index is -3.73. The Morgan fingerprint density at radius 2 is 2.05 bits per heavy atom. The summed E-state index contributed by atoms with van der Waals surface area (Å²) in [6.45, 7) is 1.65. The van der Waals surface area contributed by atoms with E-state index in [1.54, 1.807) is 6.92 Å². The van der Waals surface area contributed by atoms with Crippen LogP contribution in [0.1, 0.15) is 25.3 Å². The first-order valence-corrected chi connectivity index (χ1v) is 7.58. The van der Waals surface area contributed by atoms with E-state index in [4.69, 9.17) is 5.11 Å². The molecule has 0 fully saturated rings. The van der Waals surface area contributed by atoms with E-state index in [9.17, 15) is 17.2 Å². The molecule has 19 heavy (non-hydrogen) atoms. The summed E-state index contributed by atoms with van der Waals surface area (Å²) in [7, 11) is -3.73. The highest BCUT2D eigenvalue weighted by atomic mass is 32.2. The number of rotatable bonds is 7. The van der Waals surface area contributed by atoms with Gasteiger partial charge < -0.3 is 5.11 Å². The van der Waals surface area contributed by atoms with Crippen molar-refractivity contribution in [1.29, 1.82) is 0 Å². The fourth-order valence-corrected chi connectivity index (χ4v) is 3.16. The highest BCUT2D eigenvalue weighted by Gasteiger charge is 2.19. The zero-order valence-electron chi connectivity index (χ0n) is 10.6. The molecule has 4 nitrogen and oxygen atoms in total. The van der Waals surface area contributed by atoms with Crippen molar-refractivity contribution in [3.63, 3.8) is 0 Å². The van der Waals surface area contributed by atoms with Crippen LogP contribution in [-0.4, -0.2) is 26.2 Å². The van der Waals surface area contributed by atoms with E-state index in [-0.39, 0.29) is 12.2 Å². The minimum absolute atomic E-state index is 0.0900. The lowest BCUT2D eigenvalue weighted by molar-refractivity contribution is 0.270. The fourth-order valence-electron chi connectivity index (χ4n) is 1.64. The zero-order chi connectivity index (χ0) is 14.5. The Kier molecular flexibility index (Phi) is 5.84. The molecular weight excluding hydrogens is 276 g/mol. The summed E-state index contributed by atoms with van der Waals surface area (Å²) in [5.74, 6) is -2.19. The summed E-state index contributed by atoms with van der Waals surface area (Å²) in [6.07, 6.45) is 0.813. The molecule has 0 saturated carbocycles. The lowest BCUT2D eigenvalue weighted by atomic mass is 10.2. The molecule has 108 valence electrons. The normalized spacial score (nSPS) is 13.5. The zero-order valence-corrected chi connectivity index (χ0v) is 11.4.